The van der Waals surface area contributed by atoms with Crippen LogP contribution < -0.4 is 11.1 Å². The summed E-state index contributed by atoms with van der Waals surface area (Å²) in [5.74, 6) is -0.0857. The summed E-state index contributed by atoms with van der Waals surface area (Å²) in [7, 11) is 0. The summed E-state index contributed by atoms with van der Waals surface area (Å²) >= 11 is 0. The molecule has 0 unspecified atom stereocenters. The summed E-state index contributed by atoms with van der Waals surface area (Å²) in [6.45, 7) is 6.14. The van der Waals surface area contributed by atoms with Gasteiger partial charge in [-0.25, -0.2) is 0 Å². The van der Waals surface area contributed by atoms with Crippen molar-refractivity contribution in [2.75, 3.05) is 6.61 Å². The number of rotatable bonds is 4. The summed E-state index contributed by atoms with van der Waals surface area (Å²) in [5.41, 5.74) is 4.88. The molecule has 1 saturated carbocycles. The summed E-state index contributed by atoms with van der Waals surface area (Å²) in [4.78, 5) is 11.5. The number of nitrogens with one attached hydrogen (secondary N) is 1. The maximum Gasteiger partial charge on any atom is 0.239 e. The monoisotopic (exact) mass is 200 g/mol. The molecule has 1 aliphatic carbocycles. The van der Waals surface area contributed by atoms with Crippen LogP contribution in [0, 0.1) is 0 Å². The number of amides is 1. The van der Waals surface area contributed by atoms with Crippen LogP contribution in [0.2, 0.25) is 0 Å². The molecule has 0 radical (unpaired) electrons. The lowest BCUT2D eigenvalue weighted by Gasteiger charge is -2.36. The molecular formula is C10H20N2O2. The molecule has 1 amide bonds. The molecule has 4 heteroatoms. The van der Waals surface area contributed by atoms with Crippen molar-refractivity contribution in [3.63, 3.8) is 0 Å². The molecule has 0 aliphatic heterocycles. The van der Waals surface area contributed by atoms with E-state index in [2.05, 4.69) is 5.32 Å². The molecule has 1 aliphatic rings. The molecule has 1 rings (SSSR count). The second-order valence-electron chi connectivity index (χ2n) is 4.44. The van der Waals surface area contributed by atoms with Gasteiger partial charge in [-0.2, -0.15) is 0 Å². The lowest BCUT2D eigenvalue weighted by molar-refractivity contribution is -0.127. The van der Waals surface area contributed by atoms with Crippen LogP contribution in [-0.4, -0.2) is 30.2 Å². The highest BCUT2D eigenvalue weighted by Gasteiger charge is 2.33. The third-order valence-corrected chi connectivity index (χ3v) is 2.42. The smallest absolute Gasteiger partial charge is 0.239 e. The average Bonchev–Trinajstić information content (AvgIpc) is 1.98. The van der Waals surface area contributed by atoms with Crippen LogP contribution in [0.1, 0.15) is 33.6 Å². The molecule has 0 heterocycles. The van der Waals surface area contributed by atoms with Crippen molar-refractivity contribution in [2.24, 2.45) is 5.73 Å². The number of hydrogen-bond donors (Lipinski definition) is 2. The standard InChI is InChI=1S/C10H20N2O2/c1-4-14-8-5-7(6-8)12-9(13)10(2,3)11/h7-8H,4-6,11H2,1-3H3,(H,12,13). The third-order valence-electron chi connectivity index (χ3n) is 2.42. The Bertz CT molecular complexity index is 205. The van der Waals surface area contributed by atoms with Crippen LogP contribution in [-0.2, 0) is 9.53 Å². The van der Waals surface area contributed by atoms with E-state index < -0.39 is 5.54 Å². The van der Waals surface area contributed by atoms with E-state index in [0.29, 0.717) is 6.10 Å². The molecule has 0 aromatic heterocycles. The summed E-state index contributed by atoms with van der Waals surface area (Å²) < 4.78 is 5.39. The Balaban J connectivity index is 2.20. The van der Waals surface area contributed by atoms with E-state index in [4.69, 9.17) is 10.5 Å². The minimum Gasteiger partial charge on any atom is -0.378 e. The molecule has 0 aromatic carbocycles. The van der Waals surface area contributed by atoms with E-state index in [-0.39, 0.29) is 11.9 Å². The molecule has 0 spiro atoms. The molecule has 0 saturated heterocycles. The van der Waals surface area contributed by atoms with Crippen molar-refractivity contribution < 1.29 is 9.53 Å². The Morgan fingerprint density at radius 1 is 1.57 bits per heavy atom. The zero-order valence-corrected chi connectivity index (χ0v) is 9.17. The van der Waals surface area contributed by atoms with Crippen LogP contribution in [0.25, 0.3) is 0 Å². The van der Waals surface area contributed by atoms with Gasteiger partial charge in [0.15, 0.2) is 0 Å². The molecule has 0 bridgehead atoms. The average molecular weight is 200 g/mol. The zero-order valence-electron chi connectivity index (χ0n) is 9.17. The van der Waals surface area contributed by atoms with Gasteiger partial charge in [0.05, 0.1) is 11.6 Å². The lowest BCUT2D eigenvalue weighted by atomic mass is 9.88. The van der Waals surface area contributed by atoms with Crippen LogP contribution in [0.5, 0.6) is 0 Å². The fourth-order valence-electron chi connectivity index (χ4n) is 1.43. The van der Waals surface area contributed by atoms with Crippen molar-refractivity contribution >= 4 is 5.91 Å². The maximum atomic E-state index is 11.5. The Morgan fingerprint density at radius 2 is 2.14 bits per heavy atom. The topological polar surface area (TPSA) is 64.3 Å². The second-order valence-corrected chi connectivity index (χ2v) is 4.44. The minimum absolute atomic E-state index is 0.0857. The Morgan fingerprint density at radius 3 is 2.57 bits per heavy atom. The second kappa shape index (κ2) is 4.28. The van der Waals surface area contributed by atoms with Gasteiger partial charge in [0.2, 0.25) is 5.91 Å². The van der Waals surface area contributed by atoms with Gasteiger partial charge in [-0.1, -0.05) is 0 Å². The largest absolute Gasteiger partial charge is 0.378 e. The predicted molar refractivity (Wildman–Crippen MR) is 54.8 cm³/mol. The van der Waals surface area contributed by atoms with E-state index in [1.165, 1.54) is 0 Å². The molecule has 3 N–H and O–H groups in total. The van der Waals surface area contributed by atoms with E-state index >= 15 is 0 Å². The quantitative estimate of drug-likeness (QED) is 0.690. The van der Waals surface area contributed by atoms with Crippen molar-refractivity contribution in [3.8, 4) is 0 Å². The van der Waals surface area contributed by atoms with Gasteiger partial charge in [-0.15, -0.1) is 0 Å². The van der Waals surface area contributed by atoms with Crippen LogP contribution >= 0.6 is 0 Å². The Hall–Kier alpha value is -0.610. The first-order valence-corrected chi connectivity index (χ1v) is 5.15. The van der Waals surface area contributed by atoms with E-state index in [1.54, 1.807) is 13.8 Å². The van der Waals surface area contributed by atoms with Crippen LogP contribution in [0.4, 0.5) is 0 Å². The zero-order chi connectivity index (χ0) is 10.8. The van der Waals surface area contributed by atoms with Gasteiger partial charge in [0.1, 0.15) is 0 Å². The Labute approximate surface area is 85.2 Å². The normalized spacial score (nSPS) is 26.9. The molecule has 4 nitrogen and oxygen atoms in total. The van der Waals surface area contributed by atoms with Gasteiger partial charge in [-0.3, -0.25) is 4.79 Å². The number of ether oxygens (including phenoxy) is 1. The minimum atomic E-state index is -0.781. The van der Waals surface area contributed by atoms with Crippen molar-refractivity contribution in [1.82, 2.24) is 5.32 Å². The van der Waals surface area contributed by atoms with E-state index in [1.807, 2.05) is 6.92 Å². The van der Waals surface area contributed by atoms with E-state index in [0.717, 1.165) is 19.4 Å². The summed E-state index contributed by atoms with van der Waals surface area (Å²) in [6, 6.07) is 0.252. The van der Waals surface area contributed by atoms with Gasteiger partial charge in [0.25, 0.3) is 0 Å². The number of nitrogens with two attached hydrogens (primary N) is 1. The summed E-state index contributed by atoms with van der Waals surface area (Å²) in [5, 5.41) is 2.90. The molecule has 14 heavy (non-hydrogen) atoms. The van der Waals surface area contributed by atoms with Crippen LogP contribution in [0.15, 0.2) is 0 Å². The Kier molecular flexibility index (Phi) is 3.50. The molecule has 82 valence electrons. The van der Waals surface area contributed by atoms with Gasteiger partial charge in [0, 0.05) is 12.6 Å². The first-order valence-electron chi connectivity index (χ1n) is 5.15. The highest BCUT2D eigenvalue weighted by atomic mass is 16.5. The first kappa shape index (κ1) is 11.5. The van der Waals surface area contributed by atoms with E-state index in [9.17, 15) is 4.79 Å². The lowest BCUT2D eigenvalue weighted by Crippen LogP contribution is -2.56. The number of carbonyl (C=O) groups excluding carboxylic acids is 1. The SMILES string of the molecule is CCOC1CC(NC(=O)C(C)(C)N)C1. The third kappa shape index (κ3) is 2.96. The van der Waals surface area contributed by atoms with Crippen molar-refractivity contribution in [2.45, 2.75) is 51.3 Å². The fourth-order valence-corrected chi connectivity index (χ4v) is 1.43. The molecule has 0 atom stereocenters. The van der Waals surface area contributed by atoms with Gasteiger partial charge >= 0.3 is 0 Å². The highest BCUT2D eigenvalue weighted by molar-refractivity contribution is 5.85. The number of carbonyl (C=O) groups is 1. The van der Waals surface area contributed by atoms with Crippen LogP contribution in [0.3, 0.4) is 0 Å². The van der Waals surface area contributed by atoms with Gasteiger partial charge < -0.3 is 15.8 Å². The predicted octanol–water partition coefficient (Wildman–Crippen LogP) is 0.407. The molecule has 1 fully saturated rings. The van der Waals surface area contributed by atoms with Gasteiger partial charge in [-0.05, 0) is 33.6 Å². The number of hydrogen-bond acceptors (Lipinski definition) is 3. The van der Waals surface area contributed by atoms with Crippen molar-refractivity contribution in [1.29, 1.82) is 0 Å². The molecule has 0 aromatic rings. The highest BCUT2D eigenvalue weighted by Crippen LogP contribution is 2.23. The maximum absolute atomic E-state index is 11.5. The first-order chi connectivity index (χ1) is 6.43. The summed E-state index contributed by atoms with van der Waals surface area (Å²) in [6.07, 6.45) is 2.15. The molecular weight excluding hydrogens is 180 g/mol. The fraction of sp³-hybridized carbons (Fsp3) is 0.900. The van der Waals surface area contributed by atoms with Crippen molar-refractivity contribution in [3.05, 3.63) is 0 Å².